The number of hydrogen-bond donors (Lipinski definition) is 5. The molecule has 1 aromatic carbocycles. The first-order valence-corrected chi connectivity index (χ1v) is 11.3. The number of carbonyl (C=O) groups is 1. The Hall–Kier alpha value is -3.70. The third kappa shape index (κ3) is 4.15. The van der Waals surface area contributed by atoms with Crippen molar-refractivity contribution in [1.82, 2.24) is 30.2 Å². The number of fused-ring (bicyclic) bond motifs is 2. The van der Waals surface area contributed by atoms with E-state index < -0.39 is 6.61 Å². The summed E-state index contributed by atoms with van der Waals surface area (Å²) in [4.78, 5) is 34.5. The molecule has 176 valence electrons. The number of halogens is 1. The van der Waals surface area contributed by atoms with Gasteiger partial charge in [0.1, 0.15) is 17.9 Å². The van der Waals surface area contributed by atoms with Crippen molar-refractivity contribution in [2.45, 2.75) is 25.4 Å². The van der Waals surface area contributed by atoms with Crippen LogP contribution >= 0.6 is 11.6 Å². The van der Waals surface area contributed by atoms with Crippen molar-refractivity contribution in [2.75, 3.05) is 35.6 Å². The van der Waals surface area contributed by atoms with E-state index in [2.05, 4.69) is 41.5 Å². The number of aromatic nitrogens is 5. The van der Waals surface area contributed by atoms with E-state index >= 15 is 0 Å². The number of nitrogens with two attached hydrogens (primary N) is 1. The lowest BCUT2D eigenvalue weighted by Crippen LogP contribution is -2.38. The molecule has 0 radical (unpaired) electrons. The molecule has 0 saturated carbocycles. The van der Waals surface area contributed by atoms with Crippen LogP contribution in [0.1, 0.15) is 24.9 Å². The summed E-state index contributed by atoms with van der Waals surface area (Å²) in [6.07, 6.45) is 2.29. The number of aromatic amines is 1. The number of rotatable bonds is 6. The molecule has 2 atom stereocenters. The van der Waals surface area contributed by atoms with Gasteiger partial charge in [-0.25, -0.2) is 9.97 Å². The van der Waals surface area contributed by atoms with E-state index in [4.69, 9.17) is 27.4 Å². The van der Waals surface area contributed by atoms with Crippen molar-refractivity contribution in [3.8, 4) is 0 Å². The molecule has 1 aliphatic heterocycles. The minimum absolute atomic E-state index is 0.0780. The smallest absolute Gasteiger partial charge is 0.245 e. The number of nitrogens with zero attached hydrogens (tertiary/aromatic N) is 5. The maximum atomic E-state index is 11.7. The Kier molecular flexibility index (Phi) is 5.80. The van der Waals surface area contributed by atoms with Gasteiger partial charge in [-0.1, -0.05) is 23.7 Å². The lowest BCUT2D eigenvalue weighted by Gasteiger charge is -2.25. The highest BCUT2D eigenvalue weighted by Crippen LogP contribution is 2.35. The van der Waals surface area contributed by atoms with Gasteiger partial charge in [-0.15, -0.1) is 0 Å². The molecule has 4 aromatic rings. The standard InChI is InChI=1S/C22H24ClN9O2/c1-11(27-20-18-19(26-10-25-18)30-22(24)31-20)14-7-12-3-2-4-15(23)17(12)29-21(14)32-6-5-13(8-32)28-16(34)9-33/h2-4,7,10-11,13,33H,5-6,8-9H2,1H3,(H,28,34)(H4,24,25,26,27,30,31)/t11-,13+/m0/s1. The molecule has 34 heavy (non-hydrogen) atoms. The molecule has 6 N–H and O–H groups in total. The van der Waals surface area contributed by atoms with E-state index in [0.29, 0.717) is 40.6 Å². The number of nitrogen functional groups attached to an aromatic ring is 1. The quantitative estimate of drug-likeness (QED) is 0.277. The number of nitrogens with one attached hydrogen (secondary N) is 3. The van der Waals surface area contributed by atoms with Crippen LogP contribution in [0.4, 0.5) is 17.6 Å². The molecular weight excluding hydrogens is 458 g/mol. The molecule has 4 heterocycles. The maximum absolute atomic E-state index is 11.7. The number of H-pyrrole nitrogens is 1. The largest absolute Gasteiger partial charge is 0.387 e. The number of para-hydroxylation sites is 1. The number of pyridine rings is 1. The van der Waals surface area contributed by atoms with Gasteiger partial charge in [0, 0.05) is 30.1 Å². The third-order valence-electron chi connectivity index (χ3n) is 5.92. The Bertz CT molecular complexity index is 1380. The number of aliphatic hydroxyl groups is 1. The topological polar surface area (TPSA) is 158 Å². The predicted octanol–water partition coefficient (Wildman–Crippen LogP) is 2.00. The fourth-order valence-corrected chi connectivity index (χ4v) is 4.55. The summed E-state index contributed by atoms with van der Waals surface area (Å²) in [5, 5.41) is 16.8. The molecule has 1 fully saturated rings. The molecule has 5 rings (SSSR count). The number of hydrogen-bond acceptors (Lipinski definition) is 9. The van der Waals surface area contributed by atoms with Crippen molar-refractivity contribution >= 4 is 57.2 Å². The molecule has 1 saturated heterocycles. The first-order chi connectivity index (χ1) is 16.4. The lowest BCUT2D eigenvalue weighted by molar-refractivity contribution is -0.124. The highest BCUT2D eigenvalue weighted by molar-refractivity contribution is 6.35. The highest BCUT2D eigenvalue weighted by atomic mass is 35.5. The van der Waals surface area contributed by atoms with Gasteiger partial charge in [-0.3, -0.25) is 4.79 Å². The highest BCUT2D eigenvalue weighted by Gasteiger charge is 2.28. The minimum Gasteiger partial charge on any atom is -0.387 e. The Balaban J connectivity index is 1.53. The van der Waals surface area contributed by atoms with Crippen molar-refractivity contribution in [1.29, 1.82) is 0 Å². The number of benzene rings is 1. The molecule has 0 aliphatic carbocycles. The number of amides is 1. The van der Waals surface area contributed by atoms with Gasteiger partial charge >= 0.3 is 0 Å². The average molecular weight is 482 g/mol. The van der Waals surface area contributed by atoms with Gasteiger partial charge < -0.3 is 31.4 Å². The van der Waals surface area contributed by atoms with E-state index in [1.54, 1.807) is 6.33 Å². The Morgan fingerprint density at radius 2 is 2.24 bits per heavy atom. The number of imidazole rings is 1. The van der Waals surface area contributed by atoms with E-state index in [1.807, 2.05) is 25.1 Å². The summed E-state index contributed by atoms with van der Waals surface area (Å²) in [6.45, 7) is 2.75. The van der Waals surface area contributed by atoms with Crippen molar-refractivity contribution in [2.24, 2.45) is 0 Å². The van der Waals surface area contributed by atoms with Crippen LogP contribution in [0.25, 0.3) is 22.1 Å². The Morgan fingerprint density at radius 3 is 3.06 bits per heavy atom. The lowest BCUT2D eigenvalue weighted by atomic mass is 10.1. The van der Waals surface area contributed by atoms with Crippen molar-refractivity contribution < 1.29 is 9.90 Å². The summed E-state index contributed by atoms with van der Waals surface area (Å²) in [5.41, 5.74) is 8.67. The summed E-state index contributed by atoms with van der Waals surface area (Å²) in [5.74, 6) is 1.05. The average Bonchev–Trinajstić information content (AvgIpc) is 3.48. The number of aliphatic hydroxyl groups excluding tert-OH is 1. The van der Waals surface area contributed by atoms with Crippen LogP contribution in [0.2, 0.25) is 5.02 Å². The molecule has 0 spiro atoms. The van der Waals surface area contributed by atoms with Gasteiger partial charge in [-0.2, -0.15) is 9.97 Å². The van der Waals surface area contributed by atoms with Crippen LogP contribution in [0.15, 0.2) is 30.6 Å². The van der Waals surface area contributed by atoms with Crippen LogP contribution in [-0.2, 0) is 4.79 Å². The molecule has 0 bridgehead atoms. The molecule has 0 unspecified atom stereocenters. The SMILES string of the molecule is C[C@H](Nc1nc(N)nc2nc[nH]c12)c1cc2cccc(Cl)c2nc1N1CC[C@@H](NC(=O)CO)C1. The third-order valence-corrected chi connectivity index (χ3v) is 6.23. The van der Waals surface area contributed by atoms with E-state index in [0.717, 1.165) is 23.2 Å². The van der Waals surface area contributed by atoms with E-state index in [1.165, 1.54) is 0 Å². The second-order valence-corrected chi connectivity index (χ2v) is 8.67. The summed E-state index contributed by atoms with van der Waals surface area (Å²) >= 11 is 6.46. The van der Waals surface area contributed by atoms with Gasteiger partial charge in [-0.05, 0) is 25.5 Å². The molecule has 3 aromatic heterocycles. The molecule has 11 nitrogen and oxygen atoms in total. The molecule has 1 aliphatic rings. The van der Waals surface area contributed by atoms with Gasteiger partial charge in [0.15, 0.2) is 11.5 Å². The van der Waals surface area contributed by atoms with Crippen LogP contribution in [-0.4, -0.2) is 61.7 Å². The predicted molar refractivity (Wildman–Crippen MR) is 131 cm³/mol. The van der Waals surface area contributed by atoms with E-state index in [9.17, 15) is 4.79 Å². The fraction of sp³-hybridized carbons (Fsp3) is 0.318. The van der Waals surface area contributed by atoms with Gasteiger partial charge in [0.25, 0.3) is 0 Å². The van der Waals surface area contributed by atoms with Gasteiger partial charge in [0.05, 0.1) is 22.9 Å². The summed E-state index contributed by atoms with van der Waals surface area (Å²) in [7, 11) is 0. The zero-order valence-corrected chi connectivity index (χ0v) is 19.2. The van der Waals surface area contributed by atoms with Gasteiger partial charge in [0.2, 0.25) is 11.9 Å². The summed E-state index contributed by atoms with van der Waals surface area (Å²) in [6, 6.07) is 7.45. The van der Waals surface area contributed by atoms with Crippen LogP contribution in [0, 0.1) is 0 Å². The van der Waals surface area contributed by atoms with E-state index in [-0.39, 0.29) is 23.9 Å². The number of anilines is 3. The minimum atomic E-state index is -0.531. The second kappa shape index (κ2) is 8.92. The first kappa shape index (κ1) is 22.1. The van der Waals surface area contributed by atoms with Crippen LogP contribution in [0.5, 0.6) is 0 Å². The zero-order chi connectivity index (χ0) is 23.8. The zero-order valence-electron chi connectivity index (χ0n) is 18.4. The Labute approximate surface area is 199 Å². The second-order valence-electron chi connectivity index (χ2n) is 8.27. The Morgan fingerprint density at radius 1 is 1.38 bits per heavy atom. The van der Waals surface area contributed by atoms with Crippen LogP contribution < -0.4 is 21.3 Å². The molecule has 12 heteroatoms. The first-order valence-electron chi connectivity index (χ1n) is 10.9. The maximum Gasteiger partial charge on any atom is 0.245 e. The summed E-state index contributed by atoms with van der Waals surface area (Å²) < 4.78 is 0. The van der Waals surface area contributed by atoms with Crippen molar-refractivity contribution in [3.05, 3.63) is 41.2 Å². The normalized spacial score (nSPS) is 16.8. The number of carbonyl (C=O) groups excluding carboxylic acids is 1. The fourth-order valence-electron chi connectivity index (χ4n) is 4.32. The molecule has 1 amide bonds. The van der Waals surface area contributed by atoms with Crippen molar-refractivity contribution in [3.63, 3.8) is 0 Å². The monoisotopic (exact) mass is 481 g/mol. The molecular formula is C22H24ClN9O2. The van der Waals surface area contributed by atoms with Crippen LogP contribution in [0.3, 0.4) is 0 Å².